The molecule has 0 radical (unpaired) electrons. The predicted octanol–water partition coefficient (Wildman–Crippen LogP) is 19.9. The van der Waals surface area contributed by atoms with Crippen LogP contribution < -0.4 is 0 Å². The second-order valence-corrected chi connectivity index (χ2v) is 31.3. The fraction of sp³-hybridized carbons (Fsp3) is 0.757. The minimum absolute atomic E-state index is 0.255. The topological polar surface area (TPSA) is 16.2 Å². The lowest BCUT2D eigenvalue weighted by Crippen LogP contribution is -2.44. The normalized spacial score (nSPS) is 17.7. The summed E-state index contributed by atoms with van der Waals surface area (Å²) >= 11 is 0. The number of benzene rings is 3. The minimum Gasteiger partial charge on any atom is -0.298 e. The van der Waals surface area contributed by atoms with Crippen LogP contribution >= 0.6 is 0 Å². The molecule has 0 N–H and O–H groups in total. The molecule has 4 heterocycles. The van der Waals surface area contributed by atoms with E-state index in [2.05, 4.69) is 270 Å². The summed E-state index contributed by atoms with van der Waals surface area (Å²) in [7, 11) is 0. The van der Waals surface area contributed by atoms with Crippen molar-refractivity contribution in [1.82, 2.24) is 24.5 Å². The Morgan fingerprint density at radius 1 is 0.354 bits per heavy atom. The Balaban J connectivity index is 0.000000462. The molecule has 5 nitrogen and oxygen atoms in total. The maximum atomic E-state index is 2.61. The van der Waals surface area contributed by atoms with Crippen LogP contribution in [0.15, 0.2) is 78.9 Å². The summed E-state index contributed by atoms with van der Waals surface area (Å²) in [6, 6.07) is 28.0. The summed E-state index contributed by atoms with van der Waals surface area (Å²) in [5.41, 5.74) is 9.73. The maximum absolute atomic E-state index is 2.61. The zero-order valence-corrected chi connectivity index (χ0v) is 57.4. The molecule has 456 valence electrons. The molecular weight excluding hydrogens is 959 g/mol. The van der Waals surface area contributed by atoms with Crippen LogP contribution in [0.3, 0.4) is 0 Å². The fourth-order valence-electron chi connectivity index (χ4n) is 10.9. The van der Waals surface area contributed by atoms with Crippen molar-refractivity contribution in [2.45, 2.75) is 297 Å². The molecule has 7 rings (SSSR count). The predicted molar refractivity (Wildman–Crippen MR) is 356 cm³/mol. The van der Waals surface area contributed by atoms with Crippen molar-refractivity contribution in [3.8, 4) is 0 Å². The molecule has 3 aromatic rings. The Labute approximate surface area is 495 Å². The monoisotopic (exact) mass is 1090 g/mol. The molecule has 4 fully saturated rings. The Morgan fingerprint density at radius 3 is 0.962 bits per heavy atom. The highest BCUT2D eigenvalue weighted by molar-refractivity contribution is 5.26. The summed E-state index contributed by atoms with van der Waals surface area (Å²) < 4.78 is 0. The van der Waals surface area contributed by atoms with Crippen LogP contribution in [0.5, 0.6) is 0 Å². The van der Waals surface area contributed by atoms with E-state index in [-0.39, 0.29) is 5.54 Å². The average molecular weight is 1090 g/mol. The van der Waals surface area contributed by atoms with Crippen molar-refractivity contribution in [1.29, 1.82) is 0 Å². The van der Waals surface area contributed by atoms with Crippen molar-refractivity contribution in [2.75, 3.05) is 58.9 Å². The fourth-order valence-corrected chi connectivity index (χ4v) is 10.9. The molecular formula is C74H135N5. The first-order chi connectivity index (χ1) is 36.4. The van der Waals surface area contributed by atoms with E-state index < -0.39 is 0 Å². The summed E-state index contributed by atoms with van der Waals surface area (Å²) in [6.45, 7) is 67.3. The van der Waals surface area contributed by atoms with E-state index in [1.54, 1.807) is 0 Å². The van der Waals surface area contributed by atoms with E-state index in [9.17, 15) is 0 Å². The number of nitrogens with zero attached hydrogens (tertiary/aromatic N) is 5. The van der Waals surface area contributed by atoms with Gasteiger partial charge < -0.3 is 0 Å². The summed E-state index contributed by atoms with van der Waals surface area (Å²) in [5, 5.41) is 0. The highest BCUT2D eigenvalue weighted by Gasteiger charge is 2.25. The number of rotatable bonds is 5. The van der Waals surface area contributed by atoms with E-state index in [0.29, 0.717) is 33.0 Å². The first-order valence-corrected chi connectivity index (χ1v) is 32.3. The molecule has 0 saturated carbocycles. The summed E-state index contributed by atoms with van der Waals surface area (Å²) in [5.74, 6) is 0. The van der Waals surface area contributed by atoms with Crippen LogP contribution in [-0.2, 0) is 19.4 Å². The molecule has 0 aromatic heterocycles. The van der Waals surface area contributed by atoms with Crippen molar-refractivity contribution in [3.63, 3.8) is 0 Å². The van der Waals surface area contributed by atoms with Crippen LogP contribution in [0.4, 0.5) is 0 Å². The molecule has 0 amide bonds. The van der Waals surface area contributed by atoms with Gasteiger partial charge in [0.2, 0.25) is 0 Å². The SMILES string of the molecule is CC(C)(C)N1CCCCC1.CC(C)(C)N1CCCCC1.CC(C)(C)N1CCCCC1.CC(C)(C)N1CCCCCC1.CCN(Cc1ccccc1)C(C)(C)C.Cc1cccc(CC(C)(C)C)c1.Cc1ccccc1CC(C)(C)C. The number of aryl methyl sites for hydroxylation is 2. The van der Waals surface area contributed by atoms with Crippen LogP contribution in [0.2, 0.25) is 0 Å². The van der Waals surface area contributed by atoms with Crippen molar-refractivity contribution in [2.24, 2.45) is 10.8 Å². The molecule has 0 aliphatic carbocycles. The van der Waals surface area contributed by atoms with Gasteiger partial charge in [-0.1, -0.05) is 165 Å². The highest BCUT2D eigenvalue weighted by Crippen LogP contribution is 2.25. The van der Waals surface area contributed by atoms with Gasteiger partial charge in [-0.05, 0) is 274 Å². The first kappa shape index (κ1) is 74.5. The third-order valence-corrected chi connectivity index (χ3v) is 15.8. The molecule has 5 heteroatoms. The van der Waals surface area contributed by atoms with Crippen molar-refractivity contribution >= 4 is 0 Å². The van der Waals surface area contributed by atoms with Gasteiger partial charge in [0.05, 0.1) is 0 Å². The van der Waals surface area contributed by atoms with Crippen molar-refractivity contribution < 1.29 is 0 Å². The second-order valence-electron chi connectivity index (χ2n) is 31.3. The van der Waals surface area contributed by atoms with Crippen molar-refractivity contribution in [3.05, 3.63) is 107 Å². The van der Waals surface area contributed by atoms with Gasteiger partial charge in [-0.2, -0.15) is 0 Å². The first-order valence-electron chi connectivity index (χ1n) is 32.3. The Bertz CT molecular complexity index is 1880. The zero-order chi connectivity index (χ0) is 60.1. The molecule has 4 saturated heterocycles. The lowest BCUT2D eigenvalue weighted by Gasteiger charge is -2.38. The van der Waals surface area contributed by atoms with Gasteiger partial charge in [0.25, 0.3) is 0 Å². The Hall–Kier alpha value is -2.54. The molecule has 0 atom stereocenters. The largest absolute Gasteiger partial charge is 0.298 e. The summed E-state index contributed by atoms with van der Waals surface area (Å²) in [4.78, 5) is 12.8. The van der Waals surface area contributed by atoms with E-state index >= 15 is 0 Å². The quantitative estimate of drug-likeness (QED) is 0.252. The molecule has 0 bridgehead atoms. The zero-order valence-electron chi connectivity index (χ0n) is 57.4. The molecule has 4 aliphatic rings. The van der Waals surface area contributed by atoms with Crippen LogP contribution in [0, 0.1) is 24.7 Å². The van der Waals surface area contributed by atoms with E-state index in [1.807, 2.05) is 0 Å². The van der Waals surface area contributed by atoms with Gasteiger partial charge in [-0.15, -0.1) is 0 Å². The molecule has 0 spiro atoms. The standard InChI is InChI=1S/C13H21N.2C12H18.C10H21N.3C9H19N/c1-5-14(13(2,3)4)11-12-9-7-6-8-10-12;1-10-6-5-7-11(8-10)9-12(2,3)4;1-10-7-5-6-8-11(10)9-12(2,3)4;1-10(2,3)11-8-6-4-5-7-9-11;3*1-9(2,3)10-7-5-4-6-8-10/h6-10H,5,11H2,1-4H3;2*5-8H,9H2,1-4H3;4-9H2,1-3H3;3*4-8H2,1-3H3. The Kier molecular flexibility index (Phi) is 34.2. The number of hydrogen-bond donors (Lipinski definition) is 0. The van der Waals surface area contributed by atoms with Gasteiger partial charge in [0.15, 0.2) is 0 Å². The van der Waals surface area contributed by atoms with Gasteiger partial charge in [0, 0.05) is 34.2 Å². The van der Waals surface area contributed by atoms with Gasteiger partial charge in [0.1, 0.15) is 0 Å². The lowest BCUT2D eigenvalue weighted by molar-refractivity contribution is 0.110. The molecule has 0 unspecified atom stereocenters. The smallest absolute Gasteiger partial charge is 0.0238 e. The third-order valence-electron chi connectivity index (χ3n) is 15.8. The highest BCUT2D eigenvalue weighted by atomic mass is 15.2. The van der Waals surface area contributed by atoms with Crippen LogP contribution in [0.25, 0.3) is 0 Å². The maximum Gasteiger partial charge on any atom is 0.0238 e. The van der Waals surface area contributed by atoms with E-state index in [0.717, 1.165) is 19.5 Å². The van der Waals surface area contributed by atoms with Crippen LogP contribution in [0.1, 0.15) is 264 Å². The van der Waals surface area contributed by atoms with Gasteiger partial charge in [-0.25, -0.2) is 0 Å². The summed E-state index contributed by atoms with van der Waals surface area (Å²) in [6.07, 6.45) is 20.7. The second kappa shape index (κ2) is 36.2. The average Bonchev–Trinajstić information content (AvgIpc) is 3.66. The van der Waals surface area contributed by atoms with Gasteiger partial charge in [-0.3, -0.25) is 24.5 Å². The number of piperidine rings is 3. The van der Waals surface area contributed by atoms with E-state index in [1.165, 1.54) is 170 Å². The van der Waals surface area contributed by atoms with Gasteiger partial charge >= 0.3 is 0 Å². The lowest BCUT2D eigenvalue weighted by atomic mass is 9.86. The number of hydrogen-bond acceptors (Lipinski definition) is 5. The van der Waals surface area contributed by atoms with E-state index in [4.69, 9.17) is 0 Å². The van der Waals surface area contributed by atoms with Crippen LogP contribution in [-0.4, -0.2) is 111 Å². The number of likely N-dealkylation sites (tertiary alicyclic amines) is 4. The molecule has 4 aliphatic heterocycles. The minimum atomic E-state index is 0.255. The third kappa shape index (κ3) is 36.6. The molecule has 3 aromatic carbocycles. The molecule has 79 heavy (non-hydrogen) atoms. The Morgan fingerprint density at radius 2 is 0.671 bits per heavy atom.